The van der Waals surface area contributed by atoms with Gasteiger partial charge in [-0.25, -0.2) is 0 Å². The van der Waals surface area contributed by atoms with E-state index in [1.807, 2.05) is 18.2 Å². The van der Waals surface area contributed by atoms with Gasteiger partial charge in [-0.2, -0.15) is 0 Å². The molecule has 4 heteroatoms. The second-order valence-electron chi connectivity index (χ2n) is 4.73. The molecule has 3 nitrogen and oxygen atoms in total. The van der Waals surface area contributed by atoms with Crippen LogP contribution in [-0.2, 0) is 13.6 Å². The van der Waals surface area contributed by atoms with Crippen molar-refractivity contribution in [3.63, 3.8) is 0 Å². The first-order valence-electron chi connectivity index (χ1n) is 8.08. The van der Waals surface area contributed by atoms with E-state index in [2.05, 4.69) is 13.0 Å². The van der Waals surface area contributed by atoms with Gasteiger partial charge in [-0.1, -0.05) is 63.0 Å². The molecule has 0 aromatic heterocycles. The summed E-state index contributed by atoms with van der Waals surface area (Å²) < 4.78 is 22.4. The lowest BCUT2D eigenvalue weighted by atomic mass is 10.1. The SMILES string of the molecule is CCCCCCC/C=C/C=C/C=C/P(=O)(OCC)OCC. The normalized spacial score (nSPS) is 13.1. The summed E-state index contributed by atoms with van der Waals surface area (Å²) in [5, 5.41) is 0. The maximum atomic E-state index is 12.1. The Balaban J connectivity index is 3.92. The zero-order chi connectivity index (χ0) is 15.8. The van der Waals surface area contributed by atoms with E-state index >= 15 is 0 Å². The molecular formula is C17H31O3P. The molecule has 0 unspecified atom stereocenters. The Bertz CT molecular complexity index is 349. The molecule has 0 aromatic carbocycles. The fourth-order valence-electron chi connectivity index (χ4n) is 1.81. The predicted molar refractivity (Wildman–Crippen MR) is 91.7 cm³/mol. The van der Waals surface area contributed by atoms with E-state index in [1.165, 1.54) is 37.9 Å². The lowest BCUT2D eigenvalue weighted by molar-refractivity contribution is 0.229. The average Bonchev–Trinajstić information content (AvgIpc) is 2.45. The molecule has 0 saturated carbocycles. The molecule has 0 radical (unpaired) electrons. The Morgan fingerprint density at radius 1 is 0.810 bits per heavy atom. The topological polar surface area (TPSA) is 35.5 Å². The van der Waals surface area contributed by atoms with Crippen molar-refractivity contribution in [2.45, 2.75) is 59.3 Å². The highest BCUT2D eigenvalue weighted by Gasteiger charge is 2.17. The van der Waals surface area contributed by atoms with Gasteiger partial charge in [-0.05, 0) is 26.7 Å². The lowest BCUT2D eigenvalue weighted by Gasteiger charge is -2.11. The number of hydrogen-bond donors (Lipinski definition) is 0. The number of unbranched alkanes of at least 4 members (excludes halogenated alkanes) is 5. The Morgan fingerprint density at radius 2 is 1.43 bits per heavy atom. The van der Waals surface area contributed by atoms with Gasteiger partial charge in [-0.15, -0.1) is 0 Å². The van der Waals surface area contributed by atoms with Gasteiger partial charge < -0.3 is 9.05 Å². The summed E-state index contributed by atoms with van der Waals surface area (Å²) in [7, 11) is -3.05. The summed E-state index contributed by atoms with van der Waals surface area (Å²) >= 11 is 0. The minimum Gasteiger partial charge on any atom is -0.306 e. The monoisotopic (exact) mass is 314 g/mol. The molecule has 0 amide bonds. The second kappa shape index (κ2) is 14.3. The maximum absolute atomic E-state index is 12.1. The van der Waals surface area contributed by atoms with Crippen LogP contribution in [-0.4, -0.2) is 13.2 Å². The van der Waals surface area contributed by atoms with Gasteiger partial charge in [0.25, 0.3) is 0 Å². The highest BCUT2D eigenvalue weighted by molar-refractivity contribution is 7.57. The molecule has 0 rings (SSSR count). The van der Waals surface area contributed by atoms with Gasteiger partial charge in [0.05, 0.1) is 13.2 Å². The van der Waals surface area contributed by atoms with Crippen LogP contribution in [0.25, 0.3) is 0 Å². The first-order valence-corrected chi connectivity index (χ1v) is 9.69. The predicted octanol–water partition coefficient (Wildman–Crippen LogP) is 6.24. The lowest BCUT2D eigenvalue weighted by Crippen LogP contribution is -1.92. The van der Waals surface area contributed by atoms with E-state index in [9.17, 15) is 4.57 Å². The van der Waals surface area contributed by atoms with Crippen molar-refractivity contribution in [2.24, 2.45) is 0 Å². The van der Waals surface area contributed by atoms with Crippen molar-refractivity contribution in [2.75, 3.05) is 13.2 Å². The largest absolute Gasteiger partial charge is 0.354 e. The maximum Gasteiger partial charge on any atom is 0.354 e. The molecule has 0 aromatic rings. The van der Waals surface area contributed by atoms with Crippen molar-refractivity contribution >= 4 is 7.60 Å². The third-order valence-corrected chi connectivity index (χ3v) is 4.60. The van der Waals surface area contributed by atoms with Gasteiger partial charge in [0.2, 0.25) is 0 Å². The molecule has 0 fully saturated rings. The van der Waals surface area contributed by atoms with Gasteiger partial charge in [0, 0.05) is 5.82 Å². The highest BCUT2D eigenvalue weighted by Crippen LogP contribution is 2.49. The smallest absolute Gasteiger partial charge is 0.306 e. The minimum absolute atomic E-state index is 0.378. The fourth-order valence-corrected chi connectivity index (χ4v) is 3.08. The number of hydrogen-bond acceptors (Lipinski definition) is 3. The number of rotatable bonds is 13. The van der Waals surface area contributed by atoms with Crippen LogP contribution < -0.4 is 0 Å². The average molecular weight is 314 g/mol. The Hall–Kier alpha value is -0.630. The molecule has 0 bridgehead atoms. The van der Waals surface area contributed by atoms with E-state index in [0.29, 0.717) is 13.2 Å². The molecule has 0 saturated heterocycles. The van der Waals surface area contributed by atoms with E-state index in [0.717, 1.165) is 6.42 Å². The summed E-state index contributed by atoms with van der Waals surface area (Å²) in [6.07, 6.45) is 17.4. The molecule has 0 N–H and O–H groups in total. The third kappa shape index (κ3) is 12.8. The Kier molecular flexibility index (Phi) is 13.9. The second-order valence-corrected chi connectivity index (χ2v) is 6.63. The van der Waals surface area contributed by atoms with Crippen LogP contribution >= 0.6 is 7.60 Å². The van der Waals surface area contributed by atoms with Crippen molar-refractivity contribution in [1.29, 1.82) is 0 Å². The Labute approximate surface area is 130 Å². The highest BCUT2D eigenvalue weighted by atomic mass is 31.2. The standard InChI is InChI=1S/C17H31O3P/c1-4-7-8-9-10-11-12-13-14-15-16-17-21(18,19-5-2)20-6-3/h12-17H,4-11H2,1-3H3/b13-12+,15-14+,17-16+. The van der Waals surface area contributed by atoms with Crippen LogP contribution in [0, 0.1) is 0 Å². The van der Waals surface area contributed by atoms with E-state index in [-0.39, 0.29) is 0 Å². The van der Waals surface area contributed by atoms with E-state index < -0.39 is 7.60 Å². The number of allylic oxidation sites excluding steroid dienone is 5. The van der Waals surface area contributed by atoms with E-state index in [1.54, 1.807) is 19.9 Å². The summed E-state index contributed by atoms with van der Waals surface area (Å²) in [4.78, 5) is 0. The van der Waals surface area contributed by atoms with Gasteiger partial charge in [-0.3, -0.25) is 4.57 Å². The zero-order valence-electron chi connectivity index (χ0n) is 13.8. The van der Waals surface area contributed by atoms with Crippen LogP contribution in [0.2, 0.25) is 0 Å². The van der Waals surface area contributed by atoms with Crippen molar-refractivity contribution in [3.05, 3.63) is 36.2 Å². The van der Waals surface area contributed by atoms with Crippen LogP contribution in [0.5, 0.6) is 0 Å². The van der Waals surface area contributed by atoms with Crippen LogP contribution in [0.1, 0.15) is 59.3 Å². The third-order valence-electron chi connectivity index (χ3n) is 2.83. The molecule has 0 aliphatic rings. The summed E-state index contributed by atoms with van der Waals surface area (Å²) in [5.74, 6) is 1.51. The van der Waals surface area contributed by atoms with Gasteiger partial charge in [0.1, 0.15) is 0 Å². The quantitative estimate of drug-likeness (QED) is 0.229. The van der Waals surface area contributed by atoms with Gasteiger partial charge in [0.15, 0.2) is 0 Å². The molecule has 122 valence electrons. The molecule has 0 spiro atoms. The van der Waals surface area contributed by atoms with Crippen molar-refractivity contribution in [1.82, 2.24) is 0 Å². The minimum atomic E-state index is -3.05. The molecule has 0 atom stereocenters. The molecule has 0 aliphatic heterocycles. The van der Waals surface area contributed by atoms with Crippen LogP contribution in [0.3, 0.4) is 0 Å². The fraction of sp³-hybridized carbons (Fsp3) is 0.647. The molecule has 21 heavy (non-hydrogen) atoms. The van der Waals surface area contributed by atoms with Crippen LogP contribution in [0.4, 0.5) is 0 Å². The van der Waals surface area contributed by atoms with E-state index in [4.69, 9.17) is 9.05 Å². The summed E-state index contributed by atoms with van der Waals surface area (Å²) in [6, 6.07) is 0. The molecular weight excluding hydrogens is 283 g/mol. The van der Waals surface area contributed by atoms with Gasteiger partial charge >= 0.3 is 7.60 Å². The summed E-state index contributed by atoms with van der Waals surface area (Å²) in [5.41, 5.74) is 0. The van der Waals surface area contributed by atoms with Crippen LogP contribution in [0.15, 0.2) is 36.2 Å². The first-order chi connectivity index (χ1) is 10.2. The molecule has 0 heterocycles. The zero-order valence-corrected chi connectivity index (χ0v) is 14.7. The Morgan fingerprint density at radius 3 is 2.05 bits per heavy atom. The van der Waals surface area contributed by atoms with Crippen molar-refractivity contribution < 1.29 is 13.6 Å². The van der Waals surface area contributed by atoms with Crippen molar-refractivity contribution in [3.8, 4) is 0 Å². The molecule has 0 aliphatic carbocycles. The first kappa shape index (κ1) is 20.4. The summed E-state index contributed by atoms with van der Waals surface area (Å²) in [6.45, 7) is 6.60.